The van der Waals surface area contributed by atoms with Gasteiger partial charge in [0.25, 0.3) is 0 Å². The number of benzene rings is 3. The van der Waals surface area contributed by atoms with E-state index in [1.807, 2.05) is 24.3 Å². The summed E-state index contributed by atoms with van der Waals surface area (Å²) in [7, 11) is 0. The number of ether oxygens (including phenoxy) is 1. The first-order valence-electron chi connectivity index (χ1n) is 11.7. The van der Waals surface area contributed by atoms with Crippen molar-refractivity contribution in [1.29, 1.82) is 0 Å². The number of amides is 2. The van der Waals surface area contributed by atoms with E-state index in [0.717, 1.165) is 22.3 Å². The predicted molar refractivity (Wildman–Crippen MR) is 137 cm³/mol. The third-order valence-electron chi connectivity index (χ3n) is 7.54. The van der Waals surface area contributed by atoms with Gasteiger partial charge in [-0.15, -0.1) is 11.3 Å². The largest absolute Gasteiger partial charge is 0.420 e. The maximum absolute atomic E-state index is 14.1. The van der Waals surface area contributed by atoms with Crippen LogP contribution in [-0.2, 0) is 9.59 Å². The monoisotopic (exact) mass is 511 g/mol. The van der Waals surface area contributed by atoms with Crippen LogP contribution >= 0.6 is 22.9 Å². The second kappa shape index (κ2) is 7.88. The van der Waals surface area contributed by atoms with Crippen LogP contribution in [0.25, 0.3) is 0 Å². The molecule has 2 bridgehead atoms. The highest BCUT2D eigenvalue weighted by atomic mass is 35.5. The summed E-state index contributed by atoms with van der Waals surface area (Å²) in [5.74, 6) is -2.51. The molecular weight excluding hydrogens is 494 g/mol. The average molecular weight is 512 g/mol. The average Bonchev–Trinajstić information content (AvgIpc) is 3.53. The van der Waals surface area contributed by atoms with Gasteiger partial charge in [-0.1, -0.05) is 66.2 Å². The van der Waals surface area contributed by atoms with E-state index in [0.29, 0.717) is 9.90 Å². The lowest BCUT2D eigenvalue weighted by atomic mass is 9.55. The SMILES string of the molecule is O=C(Oc1ccc(Cl)cc1N1C(=O)C2C3c4ccccc4C(c4ccccc43)C2C1=O)c1cccs1. The van der Waals surface area contributed by atoms with Crippen molar-refractivity contribution in [2.24, 2.45) is 11.8 Å². The van der Waals surface area contributed by atoms with E-state index in [2.05, 4.69) is 24.3 Å². The van der Waals surface area contributed by atoms with Crippen molar-refractivity contribution in [2.75, 3.05) is 4.90 Å². The Morgan fingerprint density at radius 3 is 1.83 bits per heavy atom. The molecular formula is C29H18ClNO4S. The number of hydrogen-bond donors (Lipinski definition) is 0. The third-order valence-corrected chi connectivity index (χ3v) is 8.62. The maximum atomic E-state index is 14.1. The molecule has 2 unspecified atom stereocenters. The van der Waals surface area contributed by atoms with Crippen LogP contribution < -0.4 is 9.64 Å². The summed E-state index contributed by atoms with van der Waals surface area (Å²) >= 11 is 7.56. The van der Waals surface area contributed by atoms with Gasteiger partial charge in [0.1, 0.15) is 4.88 Å². The zero-order chi connectivity index (χ0) is 24.6. The third kappa shape index (κ3) is 2.92. The number of nitrogens with zero attached hydrogens (tertiary/aromatic N) is 1. The van der Waals surface area contributed by atoms with Gasteiger partial charge in [-0.3, -0.25) is 9.59 Å². The molecule has 0 radical (unpaired) electrons. The quantitative estimate of drug-likeness (QED) is 0.192. The molecule has 8 rings (SSSR count). The minimum atomic E-state index is -0.551. The van der Waals surface area contributed by atoms with E-state index in [4.69, 9.17) is 16.3 Å². The summed E-state index contributed by atoms with van der Waals surface area (Å²) in [6.45, 7) is 0. The fourth-order valence-corrected chi connectivity index (χ4v) is 6.98. The van der Waals surface area contributed by atoms with E-state index in [9.17, 15) is 14.4 Å². The van der Waals surface area contributed by atoms with E-state index >= 15 is 0 Å². The van der Waals surface area contributed by atoms with Crippen molar-refractivity contribution in [3.8, 4) is 5.75 Å². The van der Waals surface area contributed by atoms with E-state index in [1.165, 1.54) is 28.4 Å². The zero-order valence-corrected chi connectivity index (χ0v) is 20.3. The maximum Gasteiger partial charge on any atom is 0.353 e. The predicted octanol–water partition coefficient (Wildman–Crippen LogP) is 6.02. The van der Waals surface area contributed by atoms with Gasteiger partial charge < -0.3 is 4.74 Å². The smallest absolute Gasteiger partial charge is 0.353 e. The zero-order valence-electron chi connectivity index (χ0n) is 18.8. The first-order valence-corrected chi connectivity index (χ1v) is 12.9. The van der Waals surface area contributed by atoms with Crippen molar-refractivity contribution in [3.05, 3.63) is 116 Å². The van der Waals surface area contributed by atoms with Gasteiger partial charge in [0.05, 0.1) is 17.5 Å². The van der Waals surface area contributed by atoms with Crippen LogP contribution in [0.4, 0.5) is 5.69 Å². The Bertz CT molecular complexity index is 1460. The summed E-state index contributed by atoms with van der Waals surface area (Å²) in [5.41, 5.74) is 4.59. The van der Waals surface area contributed by atoms with Crippen molar-refractivity contribution >= 4 is 46.4 Å². The molecule has 2 heterocycles. The minimum Gasteiger partial charge on any atom is -0.420 e. The molecule has 5 nitrogen and oxygen atoms in total. The molecule has 3 aromatic carbocycles. The van der Waals surface area contributed by atoms with Crippen LogP contribution in [0.5, 0.6) is 5.75 Å². The van der Waals surface area contributed by atoms with Crippen LogP contribution in [0.2, 0.25) is 5.02 Å². The van der Waals surface area contributed by atoms with Gasteiger partial charge in [0.15, 0.2) is 5.75 Å². The van der Waals surface area contributed by atoms with Crippen LogP contribution in [0, 0.1) is 11.8 Å². The van der Waals surface area contributed by atoms with Crippen molar-refractivity contribution in [3.63, 3.8) is 0 Å². The summed E-state index contributed by atoms with van der Waals surface area (Å²) in [6, 6.07) is 24.2. The molecule has 176 valence electrons. The number of halogens is 1. The van der Waals surface area contributed by atoms with Gasteiger partial charge in [0, 0.05) is 16.9 Å². The standard InChI is InChI=1S/C29H18ClNO4S/c30-15-11-12-21(35-29(34)22-10-5-13-36-22)20(14-15)31-27(32)25-23-16-6-1-2-7-17(16)24(26(25)28(31)33)19-9-4-3-8-18(19)23/h1-14,23-26H. The first-order chi connectivity index (χ1) is 17.5. The molecule has 4 aliphatic rings. The summed E-state index contributed by atoms with van der Waals surface area (Å²) in [4.78, 5) is 42.5. The molecule has 7 heteroatoms. The first kappa shape index (κ1) is 21.5. The molecule has 4 aromatic rings. The van der Waals surface area contributed by atoms with Gasteiger partial charge in [-0.2, -0.15) is 0 Å². The Kier molecular flexibility index (Phi) is 4.72. The summed E-state index contributed by atoms with van der Waals surface area (Å²) < 4.78 is 5.67. The van der Waals surface area contributed by atoms with Crippen molar-refractivity contribution in [1.82, 2.24) is 0 Å². The number of rotatable bonds is 3. The number of carbonyl (C=O) groups is 3. The molecule has 36 heavy (non-hydrogen) atoms. The molecule has 3 aliphatic carbocycles. The van der Waals surface area contributed by atoms with E-state index < -0.39 is 17.8 Å². The number of imide groups is 1. The Balaban J connectivity index is 1.35. The molecule has 1 aromatic heterocycles. The topological polar surface area (TPSA) is 63.7 Å². The number of thiophene rings is 1. The summed E-state index contributed by atoms with van der Waals surface area (Å²) in [6.07, 6.45) is 0. The van der Waals surface area contributed by atoms with Gasteiger partial charge >= 0.3 is 5.97 Å². The number of anilines is 1. The second-order valence-electron chi connectivity index (χ2n) is 9.26. The lowest BCUT2D eigenvalue weighted by Gasteiger charge is -2.45. The number of esters is 1. The lowest BCUT2D eigenvalue weighted by molar-refractivity contribution is -0.122. The van der Waals surface area contributed by atoms with Crippen LogP contribution in [0.3, 0.4) is 0 Å². The molecule has 2 amide bonds. The fraction of sp³-hybridized carbons (Fsp3) is 0.138. The van der Waals surface area contributed by atoms with Gasteiger partial charge in [-0.05, 0) is 51.9 Å². The van der Waals surface area contributed by atoms with Gasteiger partial charge in [-0.25, -0.2) is 9.69 Å². The Morgan fingerprint density at radius 2 is 1.33 bits per heavy atom. The van der Waals surface area contributed by atoms with Crippen molar-refractivity contribution in [2.45, 2.75) is 11.8 Å². The van der Waals surface area contributed by atoms with Crippen molar-refractivity contribution < 1.29 is 19.1 Å². The fourth-order valence-electron chi connectivity index (χ4n) is 6.21. The number of carbonyl (C=O) groups excluding carboxylic acids is 3. The van der Waals surface area contributed by atoms with Crippen LogP contribution in [-0.4, -0.2) is 17.8 Å². The van der Waals surface area contributed by atoms with E-state index in [-0.39, 0.29) is 35.1 Å². The Morgan fingerprint density at radius 1 is 0.778 bits per heavy atom. The highest BCUT2D eigenvalue weighted by Crippen LogP contribution is 2.61. The van der Waals surface area contributed by atoms with Gasteiger partial charge in [0.2, 0.25) is 11.8 Å². The normalized spacial score (nSPS) is 23.3. The lowest BCUT2D eigenvalue weighted by Crippen LogP contribution is -2.41. The summed E-state index contributed by atoms with van der Waals surface area (Å²) in [5, 5.41) is 2.12. The number of hydrogen-bond acceptors (Lipinski definition) is 5. The minimum absolute atomic E-state index is 0.125. The Hall–Kier alpha value is -3.74. The molecule has 0 spiro atoms. The highest BCUT2D eigenvalue weighted by molar-refractivity contribution is 7.12. The molecule has 1 saturated heterocycles. The molecule has 1 fully saturated rings. The molecule has 1 aliphatic heterocycles. The highest BCUT2D eigenvalue weighted by Gasteiger charge is 2.62. The van der Waals surface area contributed by atoms with Crippen LogP contribution in [0.1, 0.15) is 43.8 Å². The second-order valence-corrected chi connectivity index (χ2v) is 10.6. The molecule has 2 atom stereocenters. The Labute approximate surface area is 215 Å². The van der Waals surface area contributed by atoms with Crippen LogP contribution in [0.15, 0.2) is 84.2 Å². The van der Waals surface area contributed by atoms with E-state index in [1.54, 1.807) is 23.6 Å². The molecule has 0 saturated carbocycles. The molecule has 0 N–H and O–H groups in total.